The number of nitrogens with one attached hydrogen (secondary N) is 2. The van der Waals surface area contributed by atoms with E-state index in [1.54, 1.807) is 43.3 Å². The van der Waals surface area contributed by atoms with E-state index in [9.17, 15) is 14.9 Å². The second-order valence-electron chi connectivity index (χ2n) is 7.36. The fourth-order valence-corrected chi connectivity index (χ4v) is 4.62. The number of furan rings is 1. The van der Waals surface area contributed by atoms with Gasteiger partial charge in [0.1, 0.15) is 5.76 Å². The van der Waals surface area contributed by atoms with Gasteiger partial charge in [0.15, 0.2) is 5.78 Å². The van der Waals surface area contributed by atoms with Crippen LogP contribution < -0.4 is 10.6 Å². The monoisotopic (exact) mass is 455 g/mol. The molecule has 2 heterocycles. The third-order valence-electron chi connectivity index (χ3n) is 5.19. The first-order chi connectivity index (χ1) is 16.1. The first-order valence-corrected chi connectivity index (χ1v) is 11.3. The highest BCUT2D eigenvalue weighted by atomic mass is 32.2. The van der Waals surface area contributed by atoms with Gasteiger partial charge in [-0.25, -0.2) is 0 Å². The molecule has 0 bridgehead atoms. The molecule has 3 aromatic rings. The third kappa shape index (κ3) is 4.92. The number of thioether (sulfide) groups is 1. The Morgan fingerprint density at radius 1 is 1.06 bits per heavy atom. The first kappa shape index (κ1) is 22.2. The zero-order valence-corrected chi connectivity index (χ0v) is 18.7. The zero-order valence-electron chi connectivity index (χ0n) is 17.9. The van der Waals surface area contributed by atoms with E-state index in [2.05, 4.69) is 16.7 Å². The van der Waals surface area contributed by atoms with E-state index >= 15 is 0 Å². The maximum Gasteiger partial charge on any atom is 0.254 e. The Morgan fingerprint density at radius 2 is 1.76 bits per heavy atom. The summed E-state index contributed by atoms with van der Waals surface area (Å²) in [7, 11) is 0. The lowest BCUT2D eigenvalue weighted by atomic mass is 9.85. The number of nitriles is 1. The van der Waals surface area contributed by atoms with E-state index in [1.165, 1.54) is 18.0 Å². The van der Waals surface area contributed by atoms with Crippen molar-refractivity contribution < 1.29 is 14.0 Å². The molecule has 1 aromatic heterocycles. The van der Waals surface area contributed by atoms with Gasteiger partial charge in [-0.1, -0.05) is 60.3 Å². The molecule has 0 saturated carbocycles. The van der Waals surface area contributed by atoms with Crippen molar-refractivity contribution in [2.45, 2.75) is 12.8 Å². The number of para-hydroxylation sites is 1. The maximum atomic E-state index is 13.3. The van der Waals surface area contributed by atoms with E-state index in [-0.39, 0.29) is 17.4 Å². The number of hydrogen-bond donors (Lipinski definition) is 2. The summed E-state index contributed by atoms with van der Waals surface area (Å²) in [5, 5.41) is 16.7. The number of Topliss-reactive ketones (excluding diaryl/α,β-unsaturated/α-hetero) is 1. The molecule has 164 valence electrons. The summed E-state index contributed by atoms with van der Waals surface area (Å²) in [6.07, 6.45) is 1.51. The number of carbonyl (C=O) groups is 2. The quantitative estimate of drug-likeness (QED) is 0.474. The molecule has 6 nitrogen and oxygen atoms in total. The van der Waals surface area contributed by atoms with Crippen molar-refractivity contribution in [2.24, 2.45) is 0 Å². The van der Waals surface area contributed by atoms with Crippen LogP contribution in [-0.2, 0) is 4.79 Å². The fourth-order valence-electron chi connectivity index (χ4n) is 3.63. The summed E-state index contributed by atoms with van der Waals surface area (Å²) >= 11 is 1.24. The van der Waals surface area contributed by atoms with Crippen molar-refractivity contribution in [3.63, 3.8) is 0 Å². The molecule has 1 amide bonds. The van der Waals surface area contributed by atoms with Gasteiger partial charge in [-0.2, -0.15) is 5.26 Å². The van der Waals surface area contributed by atoms with Crippen LogP contribution in [-0.4, -0.2) is 17.4 Å². The summed E-state index contributed by atoms with van der Waals surface area (Å²) in [5.41, 5.74) is 2.58. The standard InChI is InChI=1S/C26H21N3O3S/c1-17-23(25(31)29-19-11-6-3-7-12-19)24(22-13-8-14-32-22)20(15-27)26(28-17)33-16-21(30)18-9-4-2-5-10-18/h2-14,24,28H,16H2,1H3,(H,29,31)/t24-/m0/s1. The van der Waals surface area contributed by atoms with Gasteiger partial charge >= 0.3 is 0 Å². The van der Waals surface area contributed by atoms with Gasteiger partial charge in [-0.15, -0.1) is 0 Å². The smallest absolute Gasteiger partial charge is 0.254 e. The van der Waals surface area contributed by atoms with E-state index in [4.69, 9.17) is 4.42 Å². The van der Waals surface area contributed by atoms with Gasteiger partial charge in [0.25, 0.3) is 5.91 Å². The number of benzene rings is 2. The first-order valence-electron chi connectivity index (χ1n) is 10.3. The zero-order chi connectivity index (χ0) is 23.2. The Morgan fingerprint density at radius 3 is 2.39 bits per heavy atom. The fraction of sp³-hybridized carbons (Fsp3) is 0.115. The van der Waals surface area contributed by atoms with E-state index in [0.29, 0.717) is 38.9 Å². The molecule has 1 atom stereocenters. The average molecular weight is 456 g/mol. The number of dihydropyridines is 1. The molecular formula is C26H21N3O3S. The van der Waals surface area contributed by atoms with Crippen molar-refractivity contribution in [1.82, 2.24) is 5.32 Å². The van der Waals surface area contributed by atoms with Crippen LogP contribution in [0.1, 0.15) is 29.0 Å². The average Bonchev–Trinajstić information content (AvgIpc) is 3.37. The third-order valence-corrected chi connectivity index (χ3v) is 6.21. The van der Waals surface area contributed by atoms with Crippen LogP contribution in [0.3, 0.4) is 0 Å². The molecule has 0 spiro atoms. The van der Waals surface area contributed by atoms with E-state index in [0.717, 1.165) is 0 Å². The molecule has 0 saturated heterocycles. The number of nitrogens with zero attached hydrogens (tertiary/aromatic N) is 1. The molecule has 1 aliphatic rings. The van der Waals surface area contributed by atoms with Gasteiger partial charge in [0.05, 0.1) is 40.2 Å². The lowest BCUT2D eigenvalue weighted by Crippen LogP contribution is -2.30. The Balaban J connectivity index is 1.64. The molecule has 1 aliphatic heterocycles. The lowest BCUT2D eigenvalue weighted by Gasteiger charge is -2.28. The van der Waals surface area contributed by atoms with Crippen molar-refractivity contribution >= 4 is 29.1 Å². The predicted molar refractivity (Wildman–Crippen MR) is 128 cm³/mol. The Bertz CT molecular complexity index is 1260. The van der Waals surface area contributed by atoms with Crippen molar-refractivity contribution in [2.75, 3.05) is 11.1 Å². The molecule has 0 aliphatic carbocycles. The van der Waals surface area contributed by atoms with E-state index in [1.807, 2.05) is 36.4 Å². The van der Waals surface area contributed by atoms with Crippen LogP contribution in [0.25, 0.3) is 0 Å². The number of carbonyl (C=O) groups excluding carboxylic acids is 2. The molecule has 0 fully saturated rings. The van der Waals surface area contributed by atoms with Crippen molar-refractivity contribution in [3.05, 3.63) is 112 Å². The highest BCUT2D eigenvalue weighted by Gasteiger charge is 2.36. The molecule has 4 rings (SSSR count). The van der Waals surface area contributed by atoms with Gasteiger partial charge < -0.3 is 15.1 Å². The topological polar surface area (TPSA) is 95.1 Å². The lowest BCUT2D eigenvalue weighted by molar-refractivity contribution is -0.113. The van der Waals surface area contributed by atoms with Crippen LogP contribution in [0.15, 0.2) is 105 Å². The minimum atomic E-state index is -0.690. The highest BCUT2D eigenvalue weighted by Crippen LogP contribution is 2.41. The largest absolute Gasteiger partial charge is 0.468 e. The van der Waals surface area contributed by atoms with Crippen molar-refractivity contribution in [3.8, 4) is 6.07 Å². The second kappa shape index (κ2) is 10.1. The molecule has 0 radical (unpaired) electrons. The van der Waals surface area contributed by atoms with Crippen LogP contribution in [0.4, 0.5) is 5.69 Å². The van der Waals surface area contributed by atoms with Crippen LogP contribution in [0.2, 0.25) is 0 Å². The molecule has 2 N–H and O–H groups in total. The molecule has 7 heteroatoms. The Labute approximate surface area is 196 Å². The van der Waals surface area contributed by atoms with Crippen molar-refractivity contribution in [1.29, 1.82) is 5.26 Å². The summed E-state index contributed by atoms with van der Waals surface area (Å²) in [6, 6.07) is 23.8. The minimum absolute atomic E-state index is 0.0454. The van der Waals surface area contributed by atoms with Gasteiger partial charge in [0, 0.05) is 16.9 Å². The number of amides is 1. The predicted octanol–water partition coefficient (Wildman–Crippen LogP) is 5.23. The van der Waals surface area contributed by atoms with Crippen LogP contribution in [0.5, 0.6) is 0 Å². The molecular weight excluding hydrogens is 434 g/mol. The summed E-state index contributed by atoms with van der Waals surface area (Å²) in [5.74, 6) is -0.426. The summed E-state index contributed by atoms with van der Waals surface area (Å²) in [6.45, 7) is 1.78. The maximum absolute atomic E-state index is 13.3. The molecule has 0 unspecified atom stereocenters. The summed E-state index contributed by atoms with van der Waals surface area (Å²) in [4.78, 5) is 25.9. The summed E-state index contributed by atoms with van der Waals surface area (Å²) < 4.78 is 5.62. The number of anilines is 1. The van der Waals surface area contributed by atoms with Gasteiger partial charge in [0.2, 0.25) is 0 Å². The van der Waals surface area contributed by atoms with Gasteiger partial charge in [-0.3, -0.25) is 9.59 Å². The molecule has 33 heavy (non-hydrogen) atoms. The number of allylic oxidation sites excluding steroid dienone is 2. The highest BCUT2D eigenvalue weighted by molar-refractivity contribution is 8.03. The Kier molecular flexibility index (Phi) is 6.77. The minimum Gasteiger partial charge on any atom is -0.468 e. The second-order valence-corrected chi connectivity index (χ2v) is 8.35. The number of rotatable bonds is 7. The van der Waals surface area contributed by atoms with Gasteiger partial charge in [-0.05, 0) is 31.2 Å². The number of hydrogen-bond acceptors (Lipinski definition) is 6. The van der Waals surface area contributed by atoms with Crippen LogP contribution in [0, 0.1) is 11.3 Å². The SMILES string of the molecule is CC1=C(C(=O)Nc2ccccc2)[C@H](c2ccco2)C(C#N)=C(SCC(=O)c2ccccc2)N1. The van der Waals surface area contributed by atoms with E-state index < -0.39 is 5.92 Å². The number of ketones is 1. The molecule has 2 aromatic carbocycles. The normalized spacial score (nSPS) is 15.6. The van der Waals surface area contributed by atoms with Crippen LogP contribution >= 0.6 is 11.8 Å². The Hall–Kier alpha value is -4.02.